The summed E-state index contributed by atoms with van der Waals surface area (Å²) in [6.45, 7) is 10.7. The molecule has 4 amide bonds. The lowest BCUT2D eigenvalue weighted by Crippen LogP contribution is -2.45. The van der Waals surface area contributed by atoms with Gasteiger partial charge in [0.2, 0.25) is 23.6 Å². The van der Waals surface area contributed by atoms with Crippen LogP contribution in [-0.2, 0) is 106 Å². The highest BCUT2D eigenvalue weighted by Crippen LogP contribution is 2.54. The van der Waals surface area contributed by atoms with Gasteiger partial charge >= 0.3 is 0 Å². The fraction of sp³-hybridized carbons (Fsp3) is 0.358. The number of fused-ring (bicyclic) bond motifs is 8. The summed E-state index contributed by atoms with van der Waals surface area (Å²) in [5.41, 5.74) is 14.3. The van der Waals surface area contributed by atoms with Gasteiger partial charge in [-0.1, -0.05) is 165 Å². The summed E-state index contributed by atoms with van der Waals surface area (Å²) >= 11 is 0. The summed E-state index contributed by atoms with van der Waals surface area (Å²) in [6, 6.07) is 62.3. The van der Waals surface area contributed by atoms with Crippen molar-refractivity contribution in [3.8, 4) is 44.5 Å². The summed E-state index contributed by atoms with van der Waals surface area (Å²) in [6.07, 6.45) is 26.7. The fourth-order valence-electron chi connectivity index (χ4n) is 23.2. The van der Waals surface area contributed by atoms with Gasteiger partial charge < -0.3 is 29.2 Å². The summed E-state index contributed by atoms with van der Waals surface area (Å²) in [5, 5.41) is 16.6. The fourth-order valence-corrected chi connectivity index (χ4v) is 23.2. The van der Waals surface area contributed by atoms with Crippen LogP contribution in [0, 0.1) is 35.0 Å². The van der Waals surface area contributed by atoms with Crippen LogP contribution in [0.1, 0.15) is 127 Å². The van der Waals surface area contributed by atoms with Gasteiger partial charge in [-0.15, -0.1) is 0 Å². The van der Waals surface area contributed by atoms with E-state index in [0.717, 1.165) is 188 Å². The van der Waals surface area contributed by atoms with Crippen molar-refractivity contribution < 1.29 is 45.9 Å². The van der Waals surface area contributed by atoms with E-state index in [9.17, 15) is 19.2 Å². The standard InChI is InChI=1S/C29H27FN4O.C27H28F2N4O.C27H29FN4O2.C26H27FN4O/c1-32-18-24(16-31-32)22-11-12-23(26(30)15-22)19-34-27-10-6-5-9-25(27)29(28(34)35)13-14-33(20-29)17-21-7-3-2-4-8-21;1-31-15-19(14-30-31)21-11-10-18(24(28)25(21)29)16-33-23-9-5-4-8-22(23)27(26(33)34)12-13-32(17-27)20-6-2-3-7-20;1-30-16-21(15-29-30)19-6-7-20(24(28)14-19)17-32-25-5-3-2-4-23(25)27(26(32)33)10-11-31(18-27)22-8-12-34-13-9-22;1-29-15-21(13-28-29)19-8-9-20(23(27)12-19)16-31-24-5-3-2-4-22(24)26(25(31)32)10-11-30(17-26)14-18-6-7-18/h2-12,15-16,18H,13-14,17,19-20H2,1H3;4-5,8-11,14-15,20H,2-3,6-7,12-13,16-17H2,1H3;2-7,14-16,22H,8-13,17-18H2,1H3;2-5,8-9,12-13,15,18H,6-7,10-11,14,16-17H2,1H3. The molecular formula is C109H111F5N16O5. The van der Waals surface area contributed by atoms with Gasteiger partial charge in [0.05, 0.1) is 72.6 Å². The zero-order chi connectivity index (χ0) is 92.6. The van der Waals surface area contributed by atoms with Crippen LogP contribution in [-0.4, -0.2) is 167 Å². The molecule has 7 fully saturated rings. The molecule has 13 aromatic rings. The number of carbonyl (C=O) groups is 4. The SMILES string of the molecule is Cn1cc(-c2ccc(CN3C(=O)C4(CCN(C5CCCC5)C4)c4ccccc43)c(F)c2F)cn1.Cn1cc(-c2ccc(CN3C(=O)C4(CCN(C5CCOCC5)C4)c4ccccc43)c(F)c2)cn1.Cn1cc(-c2ccc(CN3C(=O)C4(CCN(CC5CC5)C4)c4ccccc43)c(F)c2)cn1.Cn1cc(-c2ccc(CN3C(=O)C4(CCN(Cc5ccccc5)C4)c4ccccc43)c(F)c2)cn1. The van der Waals surface area contributed by atoms with E-state index in [1.54, 1.807) is 107 Å². The monoisotopic (exact) mass is 1820 g/mol. The third-order valence-electron chi connectivity index (χ3n) is 30.5. The summed E-state index contributed by atoms with van der Waals surface area (Å²) in [5.74, 6) is -1.63. The smallest absolute Gasteiger partial charge is 0.239 e. The van der Waals surface area contributed by atoms with E-state index in [1.165, 1.54) is 62.4 Å². The Hall–Kier alpha value is -12.9. The van der Waals surface area contributed by atoms with Gasteiger partial charge in [-0.05, 0) is 183 Å². The Bertz CT molecular complexity index is 6680. The minimum atomic E-state index is -0.911. The first-order chi connectivity index (χ1) is 65.6. The third-order valence-corrected chi connectivity index (χ3v) is 30.5. The minimum absolute atomic E-state index is 0.00495. The Morgan fingerprint density at radius 1 is 0.341 bits per heavy atom. The molecule has 11 aliphatic rings. The number of aryl methyl sites for hydroxylation is 4. The van der Waals surface area contributed by atoms with Crippen LogP contribution in [0.2, 0.25) is 0 Å². The molecule has 24 rings (SSSR count). The van der Waals surface area contributed by atoms with Crippen LogP contribution in [0.5, 0.6) is 0 Å². The molecule has 9 aliphatic heterocycles. The summed E-state index contributed by atoms with van der Waals surface area (Å²) < 4.78 is 87.9. The third kappa shape index (κ3) is 16.7. The molecule has 0 N–H and O–H groups in total. The van der Waals surface area contributed by atoms with E-state index in [4.69, 9.17) is 4.74 Å². The maximum atomic E-state index is 15.2. The van der Waals surface area contributed by atoms with E-state index in [0.29, 0.717) is 47.4 Å². The molecule has 9 aromatic carbocycles. The van der Waals surface area contributed by atoms with Gasteiger partial charge in [0, 0.05) is 190 Å². The van der Waals surface area contributed by atoms with E-state index in [-0.39, 0.29) is 78.4 Å². The molecular weight excluding hydrogens is 1710 g/mol. The molecule has 0 bridgehead atoms. The number of anilines is 4. The lowest BCUT2D eigenvalue weighted by Gasteiger charge is -2.32. The predicted molar refractivity (Wildman–Crippen MR) is 510 cm³/mol. The van der Waals surface area contributed by atoms with E-state index < -0.39 is 33.3 Å². The Labute approximate surface area is 783 Å². The highest BCUT2D eigenvalue weighted by atomic mass is 19.2. The Balaban J connectivity index is 0.000000108. The number of likely N-dealkylation sites (tertiary alicyclic amines) is 4. The molecule has 26 heteroatoms. The van der Waals surface area contributed by atoms with Crippen molar-refractivity contribution in [1.82, 2.24) is 58.7 Å². The lowest BCUT2D eigenvalue weighted by atomic mass is 9.81. The Kier molecular flexibility index (Phi) is 23.9. The number of hydrogen-bond donors (Lipinski definition) is 0. The highest BCUT2D eigenvalue weighted by Gasteiger charge is 2.59. The number of aromatic nitrogens is 8. The van der Waals surface area contributed by atoms with Crippen LogP contribution >= 0.6 is 0 Å². The maximum absolute atomic E-state index is 15.2. The topological polar surface area (TPSA) is 175 Å². The molecule has 135 heavy (non-hydrogen) atoms. The van der Waals surface area contributed by atoms with Crippen LogP contribution < -0.4 is 19.6 Å². The summed E-state index contributed by atoms with van der Waals surface area (Å²) in [7, 11) is 7.25. The van der Waals surface area contributed by atoms with Crippen molar-refractivity contribution >= 4 is 46.4 Å². The summed E-state index contributed by atoms with van der Waals surface area (Å²) in [4.78, 5) is 72.5. The molecule has 21 nitrogen and oxygen atoms in total. The molecule has 2 saturated carbocycles. The molecule has 2 aliphatic carbocycles. The Morgan fingerprint density at radius 2 is 0.689 bits per heavy atom. The average molecular weight is 1820 g/mol. The molecule has 0 radical (unpaired) electrons. The largest absolute Gasteiger partial charge is 0.381 e. The van der Waals surface area contributed by atoms with Crippen molar-refractivity contribution in [3.05, 3.63) is 323 Å². The van der Waals surface area contributed by atoms with Crippen LogP contribution in [0.4, 0.5) is 44.7 Å². The molecule has 4 spiro atoms. The molecule has 692 valence electrons. The normalized spacial score (nSPS) is 22.1. The van der Waals surface area contributed by atoms with Gasteiger partial charge in [0.15, 0.2) is 11.6 Å². The van der Waals surface area contributed by atoms with Gasteiger partial charge in [-0.3, -0.25) is 52.6 Å². The molecule has 4 aromatic heterocycles. The second kappa shape index (κ2) is 36.4. The minimum Gasteiger partial charge on any atom is -0.381 e. The quantitative estimate of drug-likeness (QED) is 0.0743. The van der Waals surface area contributed by atoms with Crippen LogP contribution in [0.3, 0.4) is 0 Å². The maximum Gasteiger partial charge on any atom is 0.239 e. The first-order valence-corrected chi connectivity index (χ1v) is 47.6. The number of nitrogens with zero attached hydrogens (tertiary/aromatic N) is 16. The highest BCUT2D eigenvalue weighted by molar-refractivity contribution is 6.11. The number of amides is 4. The second-order valence-corrected chi connectivity index (χ2v) is 39.0. The molecule has 5 saturated heterocycles. The molecule has 13 heterocycles. The number of para-hydroxylation sites is 4. The first-order valence-electron chi connectivity index (χ1n) is 47.6. The van der Waals surface area contributed by atoms with E-state index >= 15 is 22.0 Å². The zero-order valence-electron chi connectivity index (χ0n) is 76.7. The van der Waals surface area contributed by atoms with Gasteiger partial charge in [0.1, 0.15) is 17.5 Å². The molecule has 4 unspecified atom stereocenters. The zero-order valence-corrected chi connectivity index (χ0v) is 76.7. The van der Waals surface area contributed by atoms with Crippen molar-refractivity contribution in [1.29, 1.82) is 0 Å². The second-order valence-electron chi connectivity index (χ2n) is 39.0. The molecule has 4 atom stereocenters. The number of rotatable bonds is 18. The van der Waals surface area contributed by atoms with Crippen molar-refractivity contribution in [3.63, 3.8) is 0 Å². The van der Waals surface area contributed by atoms with E-state index in [2.05, 4.69) is 70.3 Å². The number of carbonyl (C=O) groups excluding carboxylic acids is 4. The number of halogens is 5. The van der Waals surface area contributed by atoms with Crippen molar-refractivity contribution in [2.24, 2.45) is 34.1 Å². The Morgan fingerprint density at radius 3 is 1.08 bits per heavy atom. The van der Waals surface area contributed by atoms with Crippen molar-refractivity contribution in [2.75, 3.05) is 91.7 Å². The average Bonchev–Trinajstić information content (AvgIpc) is 1.57. The van der Waals surface area contributed by atoms with Crippen molar-refractivity contribution in [2.45, 2.75) is 144 Å². The van der Waals surface area contributed by atoms with Crippen LogP contribution in [0.25, 0.3) is 44.5 Å². The number of ether oxygens (including phenoxy) is 1. The van der Waals surface area contributed by atoms with Gasteiger partial charge in [0.25, 0.3) is 0 Å². The van der Waals surface area contributed by atoms with Gasteiger partial charge in [-0.25, -0.2) is 22.0 Å². The van der Waals surface area contributed by atoms with Crippen LogP contribution in [0.15, 0.2) is 244 Å². The number of benzene rings is 9. The van der Waals surface area contributed by atoms with E-state index in [1.807, 2.05) is 155 Å². The lowest BCUT2D eigenvalue weighted by molar-refractivity contribution is -0.123. The van der Waals surface area contributed by atoms with Gasteiger partial charge in [-0.2, -0.15) is 20.4 Å². The first kappa shape index (κ1) is 88.7. The number of hydrogen-bond acceptors (Lipinski definition) is 13. The predicted octanol–water partition coefficient (Wildman–Crippen LogP) is 17.7.